The molecule has 0 atom stereocenters. The van der Waals surface area contributed by atoms with Crippen LogP contribution in [-0.4, -0.2) is 21.5 Å². The van der Waals surface area contributed by atoms with E-state index in [1.807, 2.05) is 11.6 Å². The summed E-state index contributed by atoms with van der Waals surface area (Å²) in [6, 6.07) is 4.85. The van der Waals surface area contributed by atoms with Crippen LogP contribution >= 0.6 is 0 Å². The first-order valence-electron chi connectivity index (χ1n) is 6.97. The van der Waals surface area contributed by atoms with Crippen molar-refractivity contribution in [1.82, 2.24) is 9.78 Å². The van der Waals surface area contributed by atoms with Crippen molar-refractivity contribution in [2.45, 2.75) is 33.7 Å². The van der Waals surface area contributed by atoms with Crippen molar-refractivity contribution in [1.29, 1.82) is 0 Å². The van der Waals surface area contributed by atoms with E-state index < -0.39 is 0 Å². The maximum Gasteiger partial charge on any atom is 0.138 e. The molecule has 0 aliphatic rings. The number of halogens is 1. The number of rotatable bonds is 3. The van der Waals surface area contributed by atoms with Gasteiger partial charge in [-0.1, -0.05) is 24.8 Å². The van der Waals surface area contributed by atoms with Gasteiger partial charge in [0.2, 0.25) is 0 Å². The summed E-state index contributed by atoms with van der Waals surface area (Å²) in [4.78, 5) is 0. The number of aryl methyl sites for hydroxylation is 1. The fourth-order valence-electron chi connectivity index (χ4n) is 2.47. The number of aliphatic hydroxyl groups excluding tert-OH is 1. The van der Waals surface area contributed by atoms with Gasteiger partial charge >= 0.3 is 0 Å². The number of aromatic nitrogens is 2. The molecule has 0 unspecified atom stereocenters. The summed E-state index contributed by atoms with van der Waals surface area (Å²) in [5.74, 6) is 4.73. The maximum absolute atomic E-state index is 13.6. The molecule has 2 aromatic rings. The van der Waals surface area contributed by atoms with Gasteiger partial charge in [-0.2, -0.15) is 5.10 Å². The Bertz CT molecular complexity index is 708. The summed E-state index contributed by atoms with van der Waals surface area (Å²) >= 11 is 0. The molecule has 2 rings (SSSR count). The van der Waals surface area contributed by atoms with E-state index in [0.717, 1.165) is 23.4 Å². The SMILES string of the molecule is CCc1c(C)nn(Cc2ccc(F)c(C#CCO)c2)c1C. The zero-order valence-corrected chi connectivity index (χ0v) is 12.6. The number of hydrogen-bond donors (Lipinski definition) is 1. The third-order valence-electron chi connectivity index (χ3n) is 3.55. The Morgan fingerprint density at radius 3 is 2.71 bits per heavy atom. The number of nitrogens with zero attached hydrogens (tertiary/aromatic N) is 2. The van der Waals surface area contributed by atoms with Crippen molar-refractivity contribution in [2.24, 2.45) is 0 Å². The molecule has 0 bridgehead atoms. The molecule has 0 aliphatic carbocycles. The minimum Gasteiger partial charge on any atom is -0.384 e. The molecule has 21 heavy (non-hydrogen) atoms. The van der Waals surface area contributed by atoms with E-state index in [1.165, 1.54) is 11.6 Å². The molecular weight excluding hydrogens is 267 g/mol. The minimum atomic E-state index is -0.373. The van der Waals surface area contributed by atoms with Crippen molar-refractivity contribution in [3.63, 3.8) is 0 Å². The highest BCUT2D eigenvalue weighted by atomic mass is 19.1. The first-order chi connectivity index (χ1) is 10.1. The van der Waals surface area contributed by atoms with Gasteiger partial charge in [-0.25, -0.2) is 4.39 Å². The second-order valence-electron chi connectivity index (χ2n) is 4.93. The van der Waals surface area contributed by atoms with E-state index >= 15 is 0 Å². The highest BCUT2D eigenvalue weighted by molar-refractivity contribution is 5.39. The standard InChI is InChI=1S/C17H19FN2O/c1-4-16-12(2)19-20(13(16)3)11-14-7-8-17(18)15(10-14)6-5-9-21/h7-8,10,21H,4,9,11H2,1-3H3. The summed E-state index contributed by atoms with van der Waals surface area (Å²) < 4.78 is 15.6. The Hall–Kier alpha value is -2.12. The van der Waals surface area contributed by atoms with Crippen LogP contribution in [0.1, 0.15) is 35.0 Å². The number of hydrogen-bond acceptors (Lipinski definition) is 2. The van der Waals surface area contributed by atoms with Gasteiger partial charge in [0, 0.05) is 5.69 Å². The first-order valence-corrected chi connectivity index (χ1v) is 6.97. The lowest BCUT2D eigenvalue weighted by atomic mass is 10.1. The van der Waals surface area contributed by atoms with Crippen LogP contribution in [0.4, 0.5) is 4.39 Å². The summed E-state index contributed by atoms with van der Waals surface area (Å²) in [6.07, 6.45) is 0.953. The van der Waals surface area contributed by atoms with Crippen molar-refractivity contribution in [3.05, 3.63) is 52.1 Å². The quantitative estimate of drug-likeness (QED) is 0.881. The summed E-state index contributed by atoms with van der Waals surface area (Å²) in [5, 5.41) is 13.2. The highest BCUT2D eigenvalue weighted by Gasteiger charge is 2.10. The van der Waals surface area contributed by atoms with Crippen LogP contribution in [-0.2, 0) is 13.0 Å². The molecule has 0 radical (unpaired) electrons. The van der Waals surface area contributed by atoms with Gasteiger partial charge in [0.25, 0.3) is 0 Å². The normalized spacial score (nSPS) is 10.3. The molecule has 0 aliphatic heterocycles. The van der Waals surface area contributed by atoms with Crippen LogP contribution in [0, 0.1) is 31.5 Å². The van der Waals surface area contributed by atoms with Gasteiger partial charge in [0.1, 0.15) is 12.4 Å². The molecule has 0 spiro atoms. The fourth-order valence-corrected chi connectivity index (χ4v) is 2.47. The first kappa shape index (κ1) is 15.3. The Balaban J connectivity index is 2.32. The second kappa shape index (κ2) is 6.55. The van der Waals surface area contributed by atoms with E-state index in [0.29, 0.717) is 12.1 Å². The summed E-state index contributed by atoms with van der Waals surface area (Å²) in [6.45, 7) is 6.48. The van der Waals surface area contributed by atoms with Crippen LogP contribution in [0.25, 0.3) is 0 Å². The Labute approximate surface area is 124 Å². The molecule has 0 saturated heterocycles. The fraction of sp³-hybridized carbons (Fsp3) is 0.353. The van der Waals surface area contributed by atoms with E-state index in [-0.39, 0.29) is 12.4 Å². The minimum absolute atomic E-state index is 0.277. The van der Waals surface area contributed by atoms with Crippen LogP contribution in [0.15, 0.2) is 18.2 Å². The zero-order chi connectivity index (χ0) is 15.4. The largest absolute Gasteiger partial charge is 0.384 e. The van der Waals surface area contributed by atoms with Gasteiger partial charge in [-0.3, -0.25) is 4.68 Å². The molecule has 110 valence electrons. The molecule has 0 fully saturated rings. The van der Waals surface area contributed by atoms with Gasteiger partial charge in [-0.05, 0) is 43.5 Å². The van der Waals surface area contributed by atoms with Crippen molar-refractivity contribution < 1.29 is 9.50 Å². The lowest BCUT2D eigenvalue weighted by molar-refractivity contribution is 0.350. The monoisotopic (exact) mass is 286 g/mol. The topological polar surface area (TPSA) is 38.0 Å². The molecule has 0 saturated carbocycles. The molecule has 1 aromatic carbocycles. The Kier molecular flexibility index (Phi) is 4.77. The average Bonchev–Trinajstić information content (AvgIpc) is 2.73. The number of benzene rings is 1. The smallest absolute Gasteiger partial charge is 0.138 e. The summed E-state index contributed by atoms with van der Waals surface area (Å²) in [7, 11) is 0. The van der Waals surface area contributed by atoms with Crippen LogP contribution < -0.4 is 0 Å². The zero-order valence-electron chi connectivity index (χ0n) is 12.6. The van der Waals surface area contributed by atoms with E-state index in [4.69, 9.17) is 5.11 Å². The second-order valence-corrected chi connectivity index (χ2v) is 4.93. The predicted molar refractivity (Wildman–Crippen MR) is 80.5 cm³/mol. The molecule has 0 amide bonds. The lowest BCUT2D eigenvalue weighted by Crippen LogP contribution is -2.05. The number of aliphatic hydroxyl groups is 1. The van der Waals surface area contributed by atoms with Crippen molar-refractivity contribution >= 4 is 0 Å². The maximum atomic E-state index is 13.6. The van der Waals surface area contributed by atoms with E-state index in [9.17, 15) is 4.39 Å². The summed E-state index contributed by atoms with van der Waals surface area (Å²) in [5.41, 5.74) is 4.68. The molecular formula is C17H19FN2O. The third kappa shape index (κ3) is 3.32. The molecule has 4 heteroatoms. The van der Waals surface area contributed by atoms with Crippen molar-refractivity contribution in [3.8, 4) is 11.8 Å². The lowest BCUT2D eigenvalue weighted by Gasteiger charge is -2.06. The third-order valence-corrected chi connectivity index (χ3v) is 3.55. The van der Waals surface area contributed by atoms with Crippen LogP contribution in [0.3, 0.4) is 0 Å². The van der Waals surface area contributed by atoms with Gasteiger partial charge in [0.05, 0.1) is 17.8 Å². The highest BCUT2D eigenvalue weighted by Crippen LogP contribution is 2.16. The van der Waals surface area contributed by atoms with Crippen LogP contribution in [0.5, 0.6) is 0 Å². The van der Waals surface area contributed by atoms with E-state index in [2.05, 4.69) is 30.8 Å². The van der Waals surface area contributed by atoms with Crippen LogP contribution in [0.2, 0.25) is 0 Å². The van der Waals surface area contributed by atoms with Gasteiger partial charge in [0.15, 0.2) is 0 Å². The Morgan fingerprint density at radius 1 is 1.33 bits per heavy atom. The predicted octanol–water partition coefficient (Wildman–Crippen LogP) is 2.59. The molecule has 1 N–H and O–H groups in total. The molecule has 1 heterocycles. The van der Waals surface area contributed by atoms with Crippen molar-refractivity contribution in [2.75, 3.05) is 6.61 Å². The van der Waals surface area contributed by atoms with Gasteiger partial charge in [-0.15, -0.1) is 0 Å². The van der Waals surface area contributed by atoms with Gasteiger partial charge < -0.3 is 5.11 Å². The molecule has 3 nitrogen and oxygen atoms in total. The van der Waals surface area contributed by atoms with E-state index in [1.54, 1.807) is 12.1 Å². The Morgan fingerprint density at radius 2 is 2.10 bits per heavy atom. The molecule has 1 aromatic heterocycles. The average molecular weight is 286 g/mol.